The van der Waals surface area contributed by atoms with Crippen LogP contribution in [0.4, 0.5) is 4.79 Å². The number of carbonyl (C=O) groups is 3. The van der Waals surface area contributed by atoms with Gasteiger partial charge in [-0.15, -0.1) is 0 Å². The molecule has 2 aromatic carbocycles. The third kappa shape index (κ3) is 5.72. The summed E-state index contributed by atoms with van der Waals surface area (Å²) >= 11 is 0. The van der Waals surface area contributed by atoms with E-state index in [2.05, 4.69) is 29.6 Å². The van der Waals surface area contributed by atoms with Crippen molar-refractivity contribution in [2.24, 2.45) is 5.92 Å². The number of aliphatic carboxylic acids is 1. The van der Waals surface area contributed by atoms with Crippen LogP contribution in [0.25, 0.3) is 11.1 Å². The molecule has 0 radical (unpaired) electrons. The monoisotopic (exact) mass is 450 g/mol. The van der Waals surface area contributed by atoms with E-state index in [1.165, 1.54) is 0 Å². The molecule has 2 aromatic rings. The lowest BCUT2D eigenvalue weighted by molar-refractivity contribution is -0.138. The first-order valence-corrected chi connectivity index (χ1v) is 11.5. The summed E-state index contributed by atoms with van der Waals surface area (Å²) in [5.41, 5.74) is 4.61. The van der Waals surface area contributed by atoms with Crippen molar-refractivity contribution < 1.29 is 24.2 Å². The average Bonchev–Trinajstić information content (AvgIpc) is 3.55. The Labute approximate surface area is 193 Å². The van der Waals surface area contributed by atoms with Crippen LogP contribution in [0.3, 0.4) is 0 Å². The zero-order valence-corrected chi connectivity index (χ0v) is 18.8. The van der Waals surface area contributed by atoms with E-state index >= 15 is 0 Å². The van der Waals surface area contributed by atoms with Gasteiger partial charge in [0.2, 0.25) is 5.91 Å². The van der Waals surface area contributed by atoms with Gasteiger partial charge in [-0.1, -0.05) is 48.5 Å². The number of nitrogens with zero attached hydrogens (tertiary/aromatic N) is 1. The molecule has 0 spiro atoms. The van der Waals surface area contributed by atoms with E-state index in [9.17, 15) is 14.4 Å². The minimum Gasteiger partial charge on any atom is -0.481 e. The van der Waals surface area contributed by atoms with E-state index in [1.54, 1.807) is 11.8 Å². The number of nitrogens with one attached hydrogen (secondary N) is 1. The van der Waals surface area contributed by atoms with E-state index in [4.69, 9.17) is 9.84 Å². The van der Waals surface area contributed by atoms with Crippen molar-refractivity contribution in [3.63, 3.8) is 0 Å². The predicted molar refractivity (Wildman–Crippen MR) is 124 cm³/mol. The number of alkyl carbamates (subject to hydrolysis) is 1. The quantitative estimate of drug-likeness (QED) is 0.570. The second-order valence-corrected chi connectivity index (χ2v) is 9.00. The third-order valence-electron chi connectivity index (χ3n) is 6.31. The lowest BCUT2D eigenvalue weighted by Crippen LogP contribution is -2.41. The second kappa shape index (κ2) is 10.1. The first kappa shape index (κ1) is 22.8. The number of hydrogen-bond donors (Lipinski definition) is 2. The summed E-state index contributed by atoms with van der Waals surface area (Å²) in [5.74, 6) is -0.624. The van der Waals surface area contributed by atoms with Gasteiger partial charge < -0.3 is 20.1 Å². The van der Waals surface area contributed by atoms with Crippen molar-refractivity contribution >= 4 is 18.0 Å². The number of benzene rings is 2. The summed E-state index contributed by atoms with van der Waals surface area (Å²) in [6.07, 6.45) is 1.62. The fourth-order valence-corrected chi connectivity index (χ4v) is 4.44. The van der Waals surface area contributed by atoms with Crippen molar-refractivity contribution in [1.29, 1.82) is 0 Å². The Bertz CT molecular complexity index is 987. The van der Waals surface area contributed by atoms with Crippen LogP contribution >= 0.6 is 0 Å². The molecule has 1 saturated carbocycles. The van der Waals surface area contributed by atoms with Gasteiger partial charge in [0.25, 0.3) is 0 Å². The smallest absolute Gasteiger partial charge is 0.407 e. The lowest BCUT2D eigenvalue weighted by Gasteiger charge is -2.24. The number of ether oxygens (including phenoxy) is 1. The van der Waals surface area contributed by atoms with Crippen LogP contribution in [-0.4, -0.2) is 53.7 Å². The Balaban J connectivity index is 1.30. The molecule has 0 unspecified atom stereocenters. The summed E-state index contributed by atoms with van der Waals surface area (Å²) in [5, 5.41) is 11.7. The molecule has 1 fully saturated rings. The van der Waals surface area contributed by atoms with Gasteiger partial charge in [-0.25, -0.2) is 4.79 Å². The van der Waals surface area contributed by atoms with Crippen molar-refractivity contribution in [3.05, 3.63) is 59.7 Å². The zero-order chi connectivity index (χ0) is 23.4. The normalized spacial score (nSPS) is 15.3. The van der Waals surface area contributed by atoms with Gasteiger partial charge in [0.15, 0.2) is 0 Å². The maximum absolute atomic E-state index is 12.7. The maximum atomic E-state index is 12.7. The zero-order valence-electron chi connectivity index (χ0n) is 18.8. The summed E-state index contributed by atoms with van der Waals surface area (Å²) in [7, 11) is 0. The topological polar surface area (TPSA) is 95.9 Å². The molecule has 2 N–H and O–H groups in total. The van der Waals surface area contributed by atoms with E-state index in [0.717, 1.165) is 35.1 Å². The summed E-state index contributed by atoms with van der Waals surface area (Å²) < 4.78 is 5.55. The number of hydrogen-bond acceptors (Lipinski definition) is 4. The largest absolute Gasteiger partial charge is 0.481 e. The number of fused-ring (bicyclic) bond motifs is 3. The average molecular weight is 451 g/mol. The molecule has 7 heteroatoms. The van der Waals surface area contributed by atoms with Crippen molar-refractivity contribution in [3.8, 4) is 11.1 Å². The highest BCUT2D eigenvalue weighted by atomic mass is 16.5. The number of carboxylic acid groups (broad SMARTS) is 1. The van der Waals surface area contributed by atoms with Gasteiger partial charge in [0.05, 0.1) is 6.42 Å². The summed E-state index contributed by atoms with van der Waals surface area (Å²) in [6, 6.07) is 15.9. The Kier molecular flexibility index (Phi) is 6.96. The standard InChI is InChI=1S/C26H30N2O5/c1-17(14-24(29)28(13-12-25(30)31)15-18-10-11-18)27-26(32)33-16-23-21-8-4-2-6-19(21)20-7-3-5-9-22(20)23/h2-9,17-18,23H,10-16H2,1H3,(H,27,32)(H,30,31)/t17-/m1/s1. The van der Waals surface area contributed by atoms with Crippen LogP contribution in [0, 0.1) is 5.92 Å². The van der Waals surface area contributed by atoms with Crippen LogP contribution in [0.1, 0.15) is 49.7 Å². The molecule has 0 saturated heterocycles. The second-order valence-electron chi connectivity index (χ2n) is 9.00. The Hall–Kier alpha value is -3.35. The van der Waals surface area contributed by atoms with E-state index in [-0.39, 0.29) is 37.8 Å². The van der Waals surface area contributed by atoms with Gasteiger partial charge in [-0.3, -0.25) is 9.59 Å². The molecule has 0 aliphatic heterocycles. The van der Waals surface area contributed by atoms with Crippen LogP contribution in [0.15, 0.2) is 48.5 Å². The number of carboxylic acids is 1. The molecule has 7 nitrogen and oxygen atoms in total. The van der Waals surface area contributed by atoms with Crippen molar-refractivity contribution in [2.75, 3.05) is 19.7 Å². The predicted octanol–water partition coefficient (Wildman–Crippen LogP) is 4.02. The molecule has 0 aromatic heterocycles. The molecule has 0 bridgehead atoms. The molecule has 2 aliphatic carbocycles. The van der Waals surface area contributed by atoms with Crippen molar-refractivity contribution in [1.82, 2.24) is 10.2 Å². The fourth-order valence-electron chi connectivity index (χ4n) is 4.44. The van der Waals surface area contributed by atoms with E-state index < -0.39 is 18.1 Å². The molecule has 2 aliphatic rings. The number of carbonyl (C=O) groups excluding carboxylic acids is 2. The van der Waals surface area contributed by atoms with Crippen LogP contribution in [0.5, 0.6) is 0 Å². The minimum absolute atomic E-state index is 0.0230. The fraction of sp³-hybridized carbons (Fsp3) is 0.423. The molecular formula is C26H30N2O5. The highest BCUT2D eigenvalue weighted by Crippen LogP contribution is 2.44. The highest BCUT2D eigenvalue weighted by Gasteiger charge is 2.30. The van der Waals surface area contributed by atoms with Gasteiger partial charge in [-0.05, 0) is 47.9 Å². The Morgan fingerprint density at radius 3 is 2.24 bits per heavy atom. The van der Waals surface area contributed by atoms with E-state index in [1.807, 2.05) is 24.3 Å². The third-order valence-corrected chi connectivity index (χ3v) is 6.31. The van der Waals surface area contributed by atoms with Gasteiger partial charge in [0, 0.05) is 31.5 Å². The molecule has 0 heterocycles. The summed E-state index contributed by atoms with van der Waals surface area (Å²) in [6.45, 7) is 2.75. The lowest BCUT2D eigenvalue weighted by atomic mass is 9.98. The summed E-state index contributed by atoms with van der Waals surface area (Å²) in [4.78, 5) is 37.7. The molecule has 4 rings (SSSR count). The van der Waals surface area contributed by atoms with Crippen molar-refractivity contribution in [2.45, 2.75) is 44.6 Å². The van der Waals surface area contributed by atoms with Crippen LogP contribution < -0.4 is 5.32 Å². The van der Waals surface area contributed by atoms with Crippen LogP contribution in [0.2, 0.25) is 0 Å². The molecule has 1 atom stereocenters. The molecular weight excluding hydrogens is 420 g/mol. The van der Waals surface area contributed by atoms with Crippen LogP contribution in [-0.2, 0) is 14.3 Å². The van der Waals surface area contributed by atoms with Gasteiger partial charge in [-0.2, -0.15) is 0 Å². The minimum atomic E-state index is -0.923. The Morgan fingerprint density at radius 2 is 1.67 bits per heavy atom. The molecule has 174 valence electrons. The first-order chi connectivity index (χ1) is 15.9. The van der Waals surface area contributed by atoms with Gasteiger partial charge in [0.1, 0.15) is 6.61 Å². The van der Waals surface area contributed by atoms with E-state index in [0.29, 0.717) is 12.5 Å². The maximum Gasteiger partial charge on any atom is 0.407 e. The first-order valence-electron chi connectivity index (χ1n) is 11.5. The molecule has 33 heavy (non-hydrogen) atoms. The highest BCUT2D eigenvalue weighted by molar-refractivity contribution is 5.80. The SMILES string of the molecule is C[C@H](CC(=O)N(CCC(=O)O)CC1CC1)NC(=O)OCC1c2ccccc2-c2ccccc21. The number of amides is 2. The van der Waals surface area contributed by atoms with Gasteiger partial charge >= 0.3 is 12.1 Å². The number of rotatable bonds is 10. The Morgan fingerprint density at radius 1 is 1.06 bits per heavy atom. The molecule has 2 amide bonds.